The standard InChI is InChI=1S/C28H22NO3P/c30-29(31)20-28(23-12-2-1-3-13-23)33(32,26-18-8-14-21-10-4-6-16-24(21)26)27-19-9-15-22-11-5-7-17-25(22)27/h1-19,28H,20H2/t28-/m0/s1. The zero-order valence-corrected chi connectivity index (χ0v) is 18.8. The van der Waals surface area contributed by atoms with Gasteiger partial charge in [-0.1, -0.05) is 115 Å². The van der Waals surface area contributed by atoms with Crippen molar-refractivity contribution >= 4 is 39.3 Å². The Labute approximate surface area is 192 Å². The maximum atomic E-state index is 15.6. The smallest absolute Gasteiger partial charge is 0.218 e. The van der Waals surface area contributed by atoms with Crippen molar-refractivity contribution in [2.24, 2.45) is 0 Å². The number of nitrogens with zero attached hydrogens (tertiary/aromatic N) is 1. The topological polar surface area (TPSA) is 60.2 Å². The Kier molecular flexibility index (Phi) is 5.53. The number of rotatable bonds is 6. The van der Waals surface area contributed by atoms with Crippen LogP contribution in [-0.4, -0.2) is 11.5 Å². The monoisotopic (exact) mass is 451 g/mol. The average molecular weight is 451 g/mol. The summed E-state index contributed by atoms with van der Waals surface area (Å²) in [4.78, 5) is 11.6. The second-order valence-corrected chi connectivity index (χ2v) is 11.0. The van der Waals surface area contributed by atoms with Gasteiger partial charge < -0.3 is 4.57 Å². The summed E-state index contributed by atoms with van der Waals surface area (Å²) in [5.74, 6) is 0. The molecule has 5 aromatic carbocycles. The van der Waals surface area contributed by atoms with Crippen molar-refractivity contribution in [3.05, 3.63) is 131 Å². The molecule has 0 fully saturated rings. The summed E-state index contributed by atoms with van der Waals surface area (Å²) in [6, 6.07) is 36.4. The summed E-state index contributed by atoms with van der Waals surface area (Å²) < 4.78 is 15.6. The minimum Gasteiger partial charge on any atom is -0.313 e. The van der Waals surface area contributed by atoms with Crippen LogP contribution in [0.4, 0.5) is 0 Å². The first kappa shape index (κ1) is 21.1. The van der Waals surface area contributed by atoms with Crippen molar-refractivity contribution in [1.82, 2.24) is 0 Å². The van der Waals surface area contributed by atoms with E-state index in [0.29, 0.717) is 16.2 Å². The second kappa shape index (κ2) is 8.65. The van der Waals surface area contributed by atoms with Crippen LogP contribution in [0.5, 0.6) is 0 Å². The average Bonchev–Trinajstić information content (AvgIpc) is 2.86. The van der Waals surface area contributed by atoms with Gasteiger partial charge in [-0.15, -0.1) is 0 Å². The van der Waals surface area contributed by atoms with E-state index in [4.69, 9.17) is 0 Å². The minimum absolute atomic E-state index is 0.347. The van der Waals surface area contributed by atoms with Crippen molar-refractivity contribution in [3.8, 4) is 0 Å². The molecule has 0 N–H and O–H groups in total. The molecule has 5 aromatic rings. The van der Waals surface area contributed by atoms with E-state index in [9.17, 15) is 10.1 Å². The number of hydrogen-bond donors (Lipinski definition) is 0. The molecule has 0 bridgehead atoms. The normalized spacial score (nSPS) is 12.6. The van der Waals surface area contributed by atoms with Gasteiger partial charge in [-0.2, -0.15) is 0 Å². The highest BCUT2D eigenvalue weighted by molar-refractivity contribution is 7.79. The van der Waals surface area contributed by atoms with E-state index in [1.165, 1.54) is 0 Å². The van der Waals surface area contributed by atoms with Gasteiger partial charge in [0.2, 0.25) is 6.54 Å². The van der Waals surface area contributed by atoms with Crippen molar-refractivity contribution in [3.63, 3.8) is 0 Å². The maximum absolute atomic E-state index is 15.6. The summed E-state index contributed by atoms with van der Waals surface area (Å²) in [5, 5.41) is 16.9. The van der Waals surface area contributed by atoms with Crippen LogP contribution in [-0.2, 0) is 4.57 Å². The summed E-state index contributed by atoms with van der Waals surface area (Å²) in [6.07, 6.45) is 0. The molecule has 0 heterocycles. The van der Waals surface area contributed by atoms with E-state index in [1.807, 2.05) is 115 Å². The van der Waals surface area contributed by atoms with Gasteiger partial charge in [0.05, 0.1) is 0 Å². The zero-order chi connectivity index (χ0) is 22.8. The quantitative estimate of drug-likeness (QED) is 0.172. The maximum Gasteiger partial charge on any atom is 0.218 e. The largest absolute Gasteiger partial charge is 0.313 e. The lowest BCUT2D eigenvalue weighted by Gasteiger charge is -2.29. The van der Waals surface area contributed by atoms with Gasteiger partial charge in [0.25, 0.3) is 0 Å². The Bertz CT molecular complexity index is 1420. The molecule has 0 spiro atoms. The molecule has 33 heavy (non-hydrogen) atoms. The van der Waals surface area contributed by atoms with Crippen molar-refractivity contribution in [2.75, 3.05) is 6.54 Å². The molecule has 5 rings (SSSR count). The lowest BCUT2D eigenvalue weighted by atomic mass is 10.1. The third-order valence-corrected chi connectivity index (χ3v) is 9.75. The molecule has 0 unspecified atom stereocenters. The van der Waals surface area contributed by atoms with Crippen molar-refractivity contribution < 1.29 is 9.49 Å². The highest BCUT2D eigenvalue weighted by Crippen LogP contribution is 2.59. The van der Waals surface area contributed by atoms with Crippen LogP contribution in [0.2, 0.25) is 0 Å². The summed E-state index contributed by atoms with van der Waals surface area (Å²) in [5.41, 5.74) is -0.0938. The van der Waals surface area contributed by atoms with Gasteiger partial charge in [0.1, 0.15) is 5.66 Å². The van der Waals surface area contributed by atoms with Gasteiger partial charge in [-0.05, 0) is 27.1 Å². The van der Waals surface area contributed by atoms with E-state index in [-0.39, 0.29) is 4.92 Å². The number of nitro groups is 1. The van der Waals surface area contributed by atoms with Gasteiger partial charge in [0, 0.05) is 15.5 Å². The molecule has 0 radical (unpaired) electrons. The van der Waals surface area contributed by atoms with Crippen LogP contribution < -0.4 is 10.6 Å². The molecule has 0 aromatic heterocycles. The third-order valence-electron chi connectivity index (χ3n) is 6.19. The van der Waals surface area contributed by atoms with E-state index < -0.39 is 19.3 Å². The lowest BCUT2D eigenvalue weighted by Crippen LogP contribution is -2.26. The molecule has 0 saturated carbocycles. The SMILES string of the molecule is O=[N+]([O-])C[C@@H](c1ccccc1)P(=O)(c1cccc2ccccc12)c1cccc2ccccc12. The minimum atomic E-state index is -3.54. The van der Waals surface area contributed by atoms with Crippen molar-refractivity contribution in [1.29, 1.82) is 0 Å². The molecular formula is C28H22NO3P. The summed E-state index contributed by atoms with van der Waals surface area (Å²) >= 11 is 0. The first-order valence-corrected chi connectivity index (χ1v) is 12.6. The fourth-order valence-electron chi connectivity index (χ4n) is 4.71. The molecular weight excluding hydrogens is 429 g/mol. The predicted octanol–water partition coefficient (Wildman–Crippen LogP) is 6.32. The molecule has 4 nitrogen and oxygen atoms in total. The lowest BCUT2D eigenvalue weighted by molar-refractivity contribution is -0.480. The van der Waals surface area contributed by atoms with E-state index >= 15 is 4.57 Å². The Morgan fingerprint density at radius 3 is 1.61 bits per heavy atom. The van der Waals surface area contributed by atoms with Gasteiger partial charge >= 0.3 is 0 Å². The van der Waals surface area contributed by atoms with Crippen LogP contribution >= 0.6 is 7.14 Å². The van der Waals surface area contributed by atoms with Crippen LogP contribution in [0.3, 0.4) is 0 Å². The molecule has 0 amide bonds. The first-order chi connectivity index (χ1) is 16.1. The molecule has 0 aliphatic rings. The second-order valence-electron chi connectivity index (χ2n) is 8.10. The van der Waals surface area contributed by atoms with E-state index in [1.54, 1.807) is 0 Å². The Morgan fingerprint density at radius 1 is 0.636 bits per heavy atom. The van der Waals surface area contributed by atoms with E-state index in [0.717, 1.165) is 21.5 Å². The van der Waals surface area contributed by atoms with E-state index in [2.05, 4.69) is 0 Å². The number of fused-ring (bicyclic) bond motifs is 2. The molecule has 5 heteroatoms. The molecule has 0 saturated heterocycles. The van der Waals surface area contributed by atoms with Crippen LogP contribution in [0.15, 0.2) is 115 Å². The predicted molar refractivity (Wildman–Crippen MR) is 136 cm³/mol. The van der Waals surface area contributed by atoms with Gasteiger partial charge in [0.15, 0.2) is 7.14 Å². The Balaban J connectivity index is 1.91. The Morgan fingerprint density at radius 2 is 1.09 bits per heavy atom. The summed E-state index contributed by atoms with van der Waals surface area (Å²) in [7, 11) is -3.54. The van der Waals surface area contributed by atoms with Crippen LogP contribution in [0.1, 0.15) is 11.2 Å². The van der Waals surface area contributed by atoms with Crippen molar-refractivity contribution in [2.45, 2.75) is 5.66 Å². The number of hydrogen-bond acceptors (Lipinski definition) is 3. The van der Waals surface area contributed by atoms with Gasteiger partial charge in [-0.3, -0.25) is 10.1 Å². The van der Waals surface area contributed by atoms with Crippen LogP contribution in [0, 0.1) is 10.1 Å². The van der Waals surface area contributed by atoms with Gasteiger partial charge in [-0.25, -0.2) is 0 Å². The highest BCUT2D eigenvalue weighted by Gasteiger charge is 2.42. The third kappa shape index (κ3) is 3.73. The molecule has 0 aliphatic carbocycles. The fourth-order valence-corrected chi connectivity index (χ4v) is 8.33. The molecule has 162 valence electrons. The zero-order valence-electron chi connectivity index (χ0n) is 17.9. The highest BCUT2D eigenvalue weighted by atomic mass is 31.2. The first-order valence-electron chi connectivity index (χ1n) is 10.8. The summed E-state index contributed by atoms with van der Waals surface area (Å²) in [6.45, 7) is -0.423. The number of benzene rings is 5. The molecule has 0 aliphatic heterocycles. The fraction of sp³-hybridized carbons (Fsp3) is 0.0714. The van der Waals surface area contributed by atoms with Crippen LogP contribution in [0.25, 0.3) is 21.5 Å². The molecule has 1 atom stereocenters. The Hall–Kier alpha value is -3.75.